The summed E-state index contributed by atoms with van der Waals surface area (Å²) >= 11 is 2.22. The van der Waals surface area contributed by atoms with E-state index in [0.29, 0.717) is 18.7 Å². The van der Waals surface area contributed by atoms with Crippen molar-refractivity contribution in [2.24, 2.45) is 0 Å². The molecule has 0 saturated heterocycles. The highest BCUT2D eigenvalue weighted by molar-refractivity contribution is 14.1. The van der Waals surface area contributed by atoms with Crippen LogP contribution in [0.25, 0.3) is 22.2 Å². The van der Waals surface area contributed by atoms with E-state index < -0.39 is 17.3 Å². The summed E-state index contributed by atoms with van der Waals surface area (Å²) in [6.45, 7) is 12.3. The predicted octanol–water partition coefficient (Wildman–Crippen LogP) is 6.38. The van der Waals surface area contributed by atoms with Crippen molar-refractivity contribution in [1.82, 2.24) is 14.5 Å². The smallest absolute Gasteiger partial charge is 0.420 e. The van der Waals surface area contributed by atoms with Crippen molar-refractivity contribution < 1.29 is 19.1 Å². The van der Waals surface area contributed by atoms with E-state index >= 15 is 0 Å². The summed E-state index contributed by atoms with van der Waals surface area (Å²) in [5.41, 5.74) is 3.87. The molecule has 0 N–H and O–H groups in total. The predicted molar refractivity (Wildman–Crippen MR) is 140 cm³/mol. The molecule has 3 aromatic rings. The zero-order valence-electron chi connectivity index (χ0n) is 20.4. The fraction of sp³-hybridized carbons (Fsp3) is 0.423. The molecule has 4 rings (SSSR count). The number of benzene rings is 1. The minimum absolute atomic E-state index is 0.277. The second-order valence-electron chi connectivity index (χ2n) is 10.6. The van der Waals surface area contributed by atoms with Gasteiger partial charge in [-0.1, -0.05) is 18.2 Å². The van der Waals surface area contributed by atoms with Crippen LogP contribution in [0.15, 0.2) is 36.7 Å². The maximum Gasteiger partial charge on any atom is 0.420 e. The Kier molecular flexibility index (Phi) is 6.39. The van der Waals surface area contributed by atoms with E-state index in [1.807, 2.05) is 41.5 Å². The van der Waals surface area contributed by atoms with E-state index in [9.17, 15) is 9.59 Å². The van der Waals surface area contributed by atoms with E-state index in [1.165, 1.54) is 10.1 Å². The largest absolute Gasteiger partial charge is 0.444 e. The van der Waals surface area contributed by atoms with Crippen molar-refractivity contribution in [2.45, 2.75) is 65.7 Å². The van der Waals surface area contributed by atoms with Crippen LogP contribution in [0.5, 0.6) is 0 Å². The molecule has 34 heavy (non-hydrogen) atoms. The molecule has 1 aromatic carbocycles. The van der Waals surface area contributed by atoms with Gasteiger partial charge < -0.3 is 14.4 Å². The number of halogens is 1. The Labute approximate surface area is 213 Å². The van der Waals surface area contributed by atoms with Gasteiger partial charge in [0.2, 0.25) is 0 Å². The van der Waals surface area contributed by atoms with Gasteiger partial charge in [-0.2, -0.15) is 0 Å². The molecule has 1 aliphatic rings. The Morgan fingerprint density at radius 3 is 2.29 bits per heavy atom. The lowest BCUT2D eigenvalue weighted by molar-refractivity contribution is 0.0223. The number of nitrogens with zero attached hydrogens (tertiary/aromatic N) is 3. The van der Waals surface area contributed by atoms with Crippen LogP contribution in [-0.4, -0.2) is 44.4 Å². The SMILES string of the molecule is CC(C)(C)OC(=O)N1CCc2cc(-c3cnc4c(c3)c(I)cn4C(=O)OC(C)(C)C)ccc2C1. The van der Waals surface area contributed by atoms with Crippen molar-refractivity contribution in [3.63, 3.8) is 0 Å². The summed E-state index contributed by atoms with van der Waals surface area (Å²) in [4.78, 5) is 31.4. The molecule has 0 spiro atoms. The van der Waals surface area contributed by atoms with E-state index in [4.69, 9.17) is 9.47 Å². The third-order valence-electron chi connectivity index (χ3n) is 5.39. The minimum atomic E-state index is -0.582. The number of carbonyl (C=O) groups is 2. The average molecular weight is 575 g/mol. The van der Waals surface area contributed by atoms with Crippen molar-refractivity contribution >= 4 is 45.8 Å². The first-order valence-electron chi connectivity index (χ1n) is 11.3. The lowest BCUT2D eigenvalue weighted by atomic mass is 9.95. The molecule has 0 saturated carbocycles. The normalized spacial score (nSPS) is 14.1. The number of amides is 1. The number of ether oxygens (including phenoxy) is 2. The zero-order chi connectivity index (χ0) is 24.8. The minimum Gasteiger partial charge on any atom is -0.444 e. The van der Waals surface area contributed by atoms with Crippen LogP contribution in [0.3, 0.4) is 0 Å². The summed E-state index contributed by atoms with van der Waals surface area (Å²) in [6, 6.07) is 8.35. The number of hydrogen-bond donors (Lipinski definition) is 0. The van der Waals surface area contributed by atoms with Crippen LogP contribution >= 0.6 is 22.6 Å². The van der Waals surface area contributed by atoms with Crippen LogP contribution in [0, 0.1) is 3.57 Å². The van der Waals surface area contributed by atoms with Gasteiger partial charge in [-0.05, 0) is 93.3 Å². The van der Waals surface area contributed by atoms with E-state index in [2.05, 4.69) is 51.8 Å². The summed E-state index contributed by atoms with van der Waals surface area (Å²) in [5, 5.41) is 0.901. The summed E-state index contributed by atoms with van der Waals surface area (Å²) in [6.07, 6.45) is 3.60. The van der Waals surface area contributed by atoms with E-state index in [0.717, 1.165) is 32.1 Å². The van der Waals surface area contributed by atoms with Crippen molar-refractivity contribution in [1.29, 1.82) is 0 Å². The number of carbonyl (C=O) groups excluding carboxylic acids is 2. The molecule has 1 aliphatic heterocycles. The third-order valence-corrected chi connectivity index (χ3v) is 6.25. The van der Waals surface area contributed by atoms with Gasteiger partial charge in [0.05, 0.1) is 0 Å². The molecule has 0 radical (unpaired) electrons. The van der Waals surface area contributed by atoms with Gasteiger partial charge in [-0.15, -0.1) is 0 Å². The Morgan fingerprint density at radius 2 is 1.62 bits per heavy atom. The van der Waals surface area contributed by atoms with Gasteiger partial charge in [0.25, 0.3) is 0 Å². The number of hydrogen-bond acceptors (Lipinski definition) is 5. The van der Waals surface area contributed by atoms with Gasteiger partial charge in [0.15, 0.2) is 5.65 Å². The Bertz CT molecular complexity index is 1270. The maximum atomic E-state index is 12.6. The number of fused-ring (bicyclic) bond motifs is 2. The van der Waals surface area contributed by atoms with Crippen LogP contribution < -0.4 is 0 Å². The molecule has 0 fully saturated rings. The highest BCUT2D eigenvalue weighted by Crippen LogP contribution is 2.30. The first-order valence-corrected chi connectivity index (χ1v) is 12.4. The molecular formula is C26H30IN3O4. The summed E-state index contributed by atoms with van der Waals surface area (Å²) in [5.74, 6) is 0. The molecule has 0 atom stereocenters. The third kappa shape index (κ3) is 5.37. The fourth-order valence-electron chi connectivity index (χ4n) is 3.89. The molecular weight excluding hydrogens is 545 g/mol. The number of rotatable bonds is 1. The van der Waals surface area contributed by atoms with Crippen molar-refractivity contribution in [3.8, 4) is 11.1 Å². The fourth-order valence-corrected chi connectivity index (χ4v) is 4.57. The molecule has 7 nitrogen and oxygen atoms in total. The van der Waals surface area contributed by atoms with Crippen LogP contribution in [-0.2, 0) is 22.4 Å². The Hall–Kier alpha value is -2.62. The number of aromatic nitrogens is 2. The van der Waals surface area contributed by atoms with Crippen LogP contribution in [0.1, 0.15) is 52.7 Å². The van der Waals surface area contributed by atoms with Gasteiger partial charge in [-0.3, -0.25) is 0 Å². The zero-order valence-corrected chi connectivity index (χ0v) is 22.6. The van der Waals surface area contributed by atoms with Crippen molar-refractivity contribution in [3.05, 3.63) is 51.4 Å². The van der Waals surface area contributed by atoms with E-state index in [1.54, 1.807) is 17.3 Å². The first kappa shape index (κ1) is 24.5. The average Bonchev–Trinajstić information content (AvgIpc) is 3.07. The summed E-state index contributed by atoms with van der Waals surface area (Å²) in [7, 11) is 0. The van der Waals surface area contributed by atoms with Gasteiger partial charge >= 0.3 is 12.2 Å². The molecule has 0 aliphatic carbocycles. The standard InChI is InChI=1S/C26H30IN3O4/c1-25(2,3)33-23(31)29-10-9-17-11-16(7-8-18(17)14-29)19-12-20-21(27)15-30(22(20)28-13-19)24(32)34-26(4,5)6/h7-8,11-13,15H,9-10,14H2,1-6H3. The maximum absolute atomic E-state index is 12.6. The van der Waals surface area contributed by atoms with Gasteiger partial charge in [0.1, 0.15) is 11.2 Å². The Balaban J connectivity index is 1.58. The monoisotopic (exact) mass is 575 g/mol. The molecule has 2 aromatic heterocycles. The number of pyridine rings is 1. The van der Waals surface area contributed by atoms with Crippen LogP contribution in [0.2, 0.25) is 0 Å². The van der Waals surface area contributed by atoms with Crippen molar-refractivity contribution in [2.75, 3.05) is 6.54 Å². The summed E-state index contributed by atoms with van der Waals surface area (Å²) < 4.78 is 13.4. The molecule has 3 heterocycles. The molecule has 0 unspecified atom stereocenters. The second kappa shape index (κ2) is 8.87. The molecule has 8 heteroatoms. The van der Waals surface area contributed by atoms with E-state index in [-0.39, 0.29) is 6.09 Å². The van der Waals surface area contributed by atoms with Crippen LogP contribution in [0.4, 0.5) is 9.59 Å². The van der Waals surface area contributed by atoms with Gasteiger partial charge in [0, 0.05) is 40.0 Å². The lowest BCUT2D eigenvalue weighted by Crippen LogP contribution is -2.39. The Morgan fingerprint density at radius 1 is 0.941 bits per heavy atom. The molecule has 1 amide bonds. The quantitative estimate of drug-likeness (QED) is 0.315. The van der Waals surface area contributed by atoms with Gasteiger partial charge in [-0.25, -0.2) is 19.1 Å². The highest BCUT2D eigenvalue weighted by atomic mass is 127. The molecule has 0 bridgehead atoms. The topological polar surface area (TPSA) is 73.7 Å². The highest BCUT2D eigenvalue weighted by Gasteiger charge is 2.26. The first-order chi connectivity index (χ1) is 15.8. The second-order valence-corrected chi connectivity index (χ2v) is 11.7. The lowest BCUT2D eigenvalue weighted by Gasteiger charge is -2.31. The molecule has 180 valence electrons.